The lowest BCUT2D eigenvalue weighted by Crippen LogP contribution is -2.01. The molecule has 0 fully saturated rings. The van der Waals surface area contributed by atoms with E-state index in [4.69, 9.17) is 5.11 Å². The average Bonchev–Trinajstić information content (AvgIpc) is 2.46. The van der Waals surface area contributed by atoms with Crippen LogP contribution in [0.25, 0.3) is 0 Å². The predicted molar refractivity (Wildman–Crippen MR) is 81.3 cm³/mol. The molecule has 0 unspecified atom stereocenters. The van der Waals surface area contributed by atoms with E-state index in [1.54, 1.807) is 12.1 Å². The maximum atomic E-state index is 10.8. The van der Waals surface area contributed by atoms with E-state index in [9.17, 15) is 4.79 Å². The number of hydrogen-bond donors (Lipinski definition) is 2. The minimum absolute atomic E-state index is 0.315. The van der Waals surface area contributed by atoms with Crippen LogP contribution in [0.5, 0.6) is 0 Å². The minimum atomic E-state index is -0.895. The fraction of sp³-hybridized carbons (Fsp3) is 0.235. The molecule has 0 saturated carbocycles. The van der Waals surface area contributed by atoms with Crippen molar-refractivity contribution in [2.75, 3.05) is 5.32 Å². The first-order valence-corrected chi connectivity index (χ1v) is 6.72. The van der Waals surface area contributed by atoms with E-state index in [0.717, 1.165) is 11.3 Å². The largest absolute Gasteiger partial charge is 0.478 e. The van der Waals surface area contributed by atoms with E-state index in [1.165, 1.54) is 5.56 Å². The van der Waals surface area contributed by atoms with E-state index in [2.05, 4.69) is 43.4 Å². The second-order valence-electron chi connectivity index (χ2n) is 5.13. The van der Waals surface area contributed by atoms with Crippen LogP contribution in [-0.2, 0) is 6.54 Å². The highest BCUT2D eigenvalue weighted by Gasteiger charge is 2.02. The molecule has 0 radical (unpaired) electrons. The Morgan fingerprint density at radius 2 is 1.65 bits per heavy atom. The summed E-state index contributed by atoms with van der Waals surface area (Å²) in [5.74, 6) is -0.360. The molecule has 0 saturated heterocycles. The quantitative estimate of drug-likeness (QED) is 0.858. The highest BCUT2D eigenvalue weighted by atomic mass is 16.4. The molecule has 0 aliphatic carbocycles. The Morgan fingerprint density at radius 3 is 2.15 bits per heavy atom. The molecule has 2 aromatic rings. The van der Waals surface area contributed by atoms with Crippen molar-refractivity contribution in [2.24, 2.45) is 0 Å². The summed E-state index contributed by atoms with van der Waals surface area (Å²) in [4.78, 5) is 10.8. The first-order chi connectivity index (χ1) is 9.56. The molecule has 0 spiro atoms. The van der Waals surface area contributed by atoms with Crippen LogP contribution < -0.4 is 5.32 Å². The number of aromatic carboxylic acids is 1. The van der Waals surface area contributed by atoms with Gasteiger partial charge in [-0.1, -0.05) is 38.1 Å². The number of carbonyl (C=O) groups is 1. The monoisotopic (exact) mass is 269 g/mol. The Kier molecular flexibility index (Phi) is 4.41. The number of carboxylic acid groups (broad SMARTS) is 1. The van der Waals surface area contributed by atoms with Crippen molar-refractivity contribution >= 4 is 11.7 Å². The molecular formula is C17H19NO2. The maximum absolute atomic E-state index is 10.8. The fourth-order valence-electron chi connectivity index (χ4n) is 1.96. The van der Waals surface area contributed by atoms with Crippen LogP contribution in [0.3, 0.4) is 0 Å². The number of nitrogens with one attached hydrogen (secondary N) is 1. The van der Waals surface area contributed by atoms with Gasteiger partial charge in [0.25, 0.3) is 0 Å². The van der Waals surface area contributed by atoms with Crippen molar-refractivity contribution in [3.63, 3.8) is 0 Å². The summed E-state index contributed by atoms with van der Waals surface area (Å²) in [6, 6.07) is 15.3. The standard InChI is InChI=1S/C17H19NO2/c1-12(2)14-7-9-16(10-8-14)18-11-13-3-5-15(6-4-13)17(19)20/h3-10,12,18H,11H2,1-2H3,(H,19,20). The van der Waals surface area contributed by atoms with E-state index in [0.29, 0.717) is 18.0 Å². The van der Waals surface area contributed by atoms with Gasteiger partial charge in [0.15, 0.2) is 0 Å². The van der Waals surface area contributed by atoms with Crippen molar-refractivity contribution < 1.29 is 9.90 Å². The van der Waals surface area contributed by atoms with Crippen LogP contribution in [0.1, 0.15) is 41.3 Å². The first kappa shape index (κ1) is 14.1. The highest BCUT2D eigenvalue weighted by Crippen LogP contribution is 2.17. The zero-order valence-corrected chi connectivity index (χ0v) is 11.8. The molecule has 3 nitrogen and oxygen atoms in total. The lowest BCUT2D eigenvalue weighted by molar-refractivity contribution is 0.0697. The molecule has 2 N–H and O–H groups in total. The molecule has 0 heterocycles. The molecule has 0 amide bonds. The summed E-state index contributed by atoms with van der Waals surface area (Å²) in [5.41, 5.74) is 3.76. The summed E-state index contributed by atoms with van der Waals surface area (Å²) in [6.07, 6.45) is 0. The van der Waals surface area contributed by atoms with E-state index in [1.807, 2.05) is 12.1 Å². The number of carboxylic acids is 1. The molecule has 0 bridgehead atoms. The molecule has 0 atom stereocenters. The topological polar surface area (TPSA) is 49.3 Å². The zero-order chi connectivity index (χ0) is 14.5. The molecule has 2 rings (SSSR count). The highest BCUT2D eigenvalue weighted by molar-refractivity contribution is 5.87. The summed E-state index contributed by atoms with van der Waals surface area (Å²) >= 11 is 0. The summed E-state index contributed by atoms with van der Waals surface area (Å²) in [7, 11) is 0. The van der Waals surface area contributed by atoms with E-state index < -0.39 is 5.97 Å². The SMILES string of the molecule is CC(C)c1ccc(NCc2ccc(C(=O)O)cc2)cc1. The van der Waals surface area contributed by atoms with Crippen LogP contribution in [0.15, 0.2) is 48.5 Å². The number of anilines is 1. The van der Waals surface area contributed by atoms with Gasteiger partial charge in [-0.25, -0.2) is 4.79 Å². The molecular weight excluding hydrogens is 250 g/mol. The van der Waals surface area contributed by atoms with Crippen LogP contribution in [0, 0.1) is 0 Å². The number of benzene rings is 2. The van der Waals surface area contributed by atoms with Gasteiger partial charge in [-0.15, -0.1) is 0 Å². The summed E-state index contributed by atoms with van der Waals surface area (Å²) in [5, 5.41) is 12.2. The molecule has 3 heteroatoms. The Balaban J connectivity index is 1.96. The fourth-order valence-corrected chi connectivity index (χ4v) is 1.96. The normalized spacial score (nSPS) is 10.6. The van der Waals surface area contributed by atoms with Crippen molar-refractivity contribution in [3.05, 3.63) is 65.2 Å². The third kappa shape index (κ3) is 3.60. The van der Waals surface area contributed by atoms with Crippen LogP contribution in [0.2, 0.25) is 0 Å². The molecule has 0 aliphatic heterocycles. The summed E-state index contributed by atoms with van der Waals surface area (Å²) in [6.45, 7) is 5.03. The second kappa shape index (κ2) is 6.24. The van der Waals surface area contributed by atoms with Crippen LogP contribution >= 0.6 is 0 Å². The summed E-state index contributed by atoms with van der Waals surface area (Å²) < 4.78 is 0. The van der Waals surface area contributed by atoms with Gasteiger partial charge in [-0.3, -0.25) is 0 Å². The lowest BCUT2D eigenvalue weighted by atomic mass is 10.0. The van der Waals surface area contributed by atoms with Gasteiger partial charge in [0.05, 0.1) is 5.56 Å². The molecule has 104 valence electrons. The molecule has 20 heavy (non-hydrogen) atoms. The minimum Gasteiger partial charge on any atom is -0.478 e. The van der Waals surface area contributed by atoms with Gasteiger partial charge < -0.3 is 10.4 Å². The van der Waals surface area contributed by atoms with E-state index >= 15 is 0 Å². The van der Waals surface area contributed by atoms with Crippen molar-refractivity contribution in [2.45, 2.75) is 26.3 Å². The van der Waals surface area contributed by atoms with Gasteiger partial charge in [-0.2, -0.15) is 0 Å². The lowest BCUT2D eigenvalue weighted by Gasteiger charge is -2.09. The second-order valence-corrected chi connectivity index (χ2v) is 5.13. The van der Waals surface area contributed by atoms with Gasteiger partial charge in [0.2, 0.25) is 0 Å². The Morgan fingerprint density at radius 1 is 1.05 bits per heavy atom. The molecule has 0 aromatic heterocycles. The maximum Gasteiger partial charge on any atom is 0.335 e. The Labute approximate surface area is 119 Å². The number of rotatable bonds is 5. The van der Waals surface area contributed by atoms with Crippen LogP contribution in [0.4, 0.5) is 5.69 Å². The predicted octanol–water partition coefficient (Wildman–Crippen LogP) is 4.12. The van der Waals surface area contributed by atoms with Gasteiger partial charge in [0.1, 0.15) is 0 Å². The van der Waals surface area contributed by atoms with Gasteiger partial charge in [-0.05, 0) is 41.3 Å². The Hall–Kier alpha value is -2.29. The molecule has 0 aliphatic rings. The zero-order valence-electron chi connectivity index (χ0n) is 11.8. The number of hydrogen-bond acceptors (Lipinski definition) is 2. The van der Waals surface area contributed by atoms with Crippen molar-refractivity contribution in [1.29, 1.82) is 0 Å². The van der Waals surface area contributed by atoms with Crippen molar-refractivity contribution in [1.82, 2.24) is 0 Å². The van der Waals surface area contributed by atoms with E-state index in [-0.39, 0.29) is 0 Å². The van der Waals surface area contributed by atoms with Crippen LogP contribution in [-0.4, -0.2) is 11.1 Å². The Bertz CT molecular complexity index is 571. The first-order valence-electron chi connectivity index (χ1n) is 6.72. The molecule has 2 aromatic carbocycles. The third-order valence-corrected chi connectivity index (χ3v) is 3.27. The van der Waals surface area contributed by atoms with Crippen molar-refractivity contribution in [3.8, 4) is 0 Å². The van der Waals surface area contributed by atoms with Gasteiger partial charge in [0, 0.05) is 12.2 Å². The smallest absolute Gasteiger partial charge is 0.335 e. The average molecular weight is 269 g/mol. The van der Waals surface area contributed by atoms with Gasteiger partial charge >= 0.3 is 5.97 Å². The third-order valence-electron chi connectivity index (χ3n) is 3.27.